The molecule has 0 bridgehead atoms. The predicted molar refractivity (Wildman–Crippen MR) is 124 cm³/mol. The van der Waals surface area contributed by atoms with E-state index in [0.29, 0.717) is 0 Å². The monoisotopic (exact) mass is 425 g/mol. The maximum atomic E-state index is 7.63. The van der Waals surface area contributed by atoms with Crippen LogP contribution in [0.1, 0.15) is 23.1 Å². The molecule has 5 heterocycles. The van der Waals surface area contributed by atoms with Crippen molar-refractivity contribution in [1.29, 1.82) is 5.41 Å². The minimum atomic E-state index is 0.793. The van der Waals surface area contributed by atoms with Crippen molar-refractivity contribution in [3.8, 4) is 22.6 Å². The second kappa shape index (κ2) is 8.08. The quantitative estimate of drug-likeness (QED) is 0.328. The number of hydrogen-bond acceptors (Lipinski definition) is 6. The van der Waals surface area contributed by atoms with E-state index in [1.807, 2.05) is 18.2 Å². The SMILES string of the molecule is CCc1[nH]c(-c2n[nH]c3cnc(-c4cncnc4)cc23)cc1/C(=C\C=N)c1cccs1. The van der Waals surface area contributed by atoms with Gasteiger partial charge in [0.1, 0.15) is 12.0 Å². The van der Waals surface area contributed by atoms with Crippen LogP contribution in [-0.4, -0.2) is 36.3 Å². The first-order valence-electron chi connectivity index (χ1n) is 9.85. The molecule has 0 aromatic carbocycles. The molecule has 0 fully saturated rings. The van der Waals surface area contributed by atoms with E-state index in [-0.39, 0.29) is 0 Å². The predicted octanol–water partition coefficient (Wildman–Crippen LogP) is 5.12. The topological polar surface area (TPSA) is 107 Å². The third kappa shape index (κ3) is 3.47. The van der Waals surface area contributed by atoms with Crippen LogP contribution >= 0.6 is 11.3 Å². The van der Waals surface area contributed by atoms with Crippen molar-refractivity contribution in [2.75, 3.05) is 0 Å². The molecular weight excluding hydrogens is 406 g/mol. The zero-order chi connectivity index (χ0) is 21.2. The van der Waals surface area contributed by atoms with Gasteiger partial charge < -0.3 is 10.4 Å². The average Bonchev–Trinajstić information content (AvgIpc) is 3.57. The number of nitrogens with one attached hydrogen (secondary N) is 3. The van der Waals surface area contributed by atoms with Gasteiger partial charge in [0.25, 0.3) is 0 Å². The van der Waals surface area contributed by atoms with Crippen LogP contribution in [0, 0.1) is 5.41 Å². The normalized spacial score (nSPS) is 11.8. The van der Waals surface area contributed by atoms with Gasteiger partial charge in [0.15, 0.2) is 0 Å². The minimum absolute atomic E-state index is 0.793. The Labute approximate surface area is 182 Å². The number of aromatic nitrogens is 6. The third-order valence-electron chi connectivity index (χ3n) is 5.14. The largest absolute Gasteiger partial charge is 0.357 e. The van der Waals surface area contributed by atoms with Gasteiger partial charge in [0, 0.05) is 51.3 Å². The number of H-pyrrole nitrogens is 2. The maximum Gasteiger partial charge on any atom is 0.116 e. The van der Waals surface area contributed by atoms with Gasteiger partial charge in [-0.15, -0.1) is 11.3 Å². The molecule has 0 radical (unpaired) electrons. The minimum Gasteiger partial charge on any atom is -0.357 e. The summed E-state index contributed by atoms with van der Waals surface area (Å²) in [5.74, 6) is 0. The van der Waals surface area contributed by atoms with Gasteiger partial charge in [0.2, 0.25) is 0 Å². The standard InChI is InChI=1S/C23H19N7S/c1-2-18-16(15(5-6-24)22-4-3-7-31-22)8-20(28-18)23-17-9-19(14-10-25-13-26-11-14)27-12-21(17)29-30-23/h3-13,24,28H,2H2,1H3,(H,29,30)/b15-5+,24-6?. The van der Waals surface area contributed by atoms with E-state index < -0.39 is 0 Å². The highest BCUT2D eigenvalue weighted by Gasteiger charge is 2.18. The Morgan fingerprint density at radius 1 is 1.19 bits per heavy atom. The smallest absolute Gasteiger partial charge is 0.116 e. The van der Waals surface area contributed by atoms with Gasteiger partial charge in [-0.05, 0) is 36.1 Å². The molecule has 0 amide bonds. The molecule has 31 heavy (non-hydrogen) atoms. The molecule has 5 rings (SSSR count). The summed E-state index contributed by atoms with van der Waals surface area (Å²) < 4.78 is 0. The van der Waals surface area contributed by atoms with Crippen LogP contribution in [0.15, 0.2) is 60.6 Å². The van der Waals surface area contributed by atoms with Crippen LogP contribution in [0.25, 0.3) is 39.1 Å². The summed E-state index contributed by atoms with van der Waals surface area (Å²) in [6.07, 6.45) is 10.8. The lowest BCUT2D eigenvalue weighted by Crippen LogP contribution is -1.90. The molecule has 0 saturated carbocycles. The van der Waals surface area contributed by atoms with Gasteiger partial charge in [-0.25, -0.2) is 9.97 Å². The van der Waals surface area contributed by atoms with Crippen molar-refractivity contribution in [3.63, 3.8) is 0 Å². The summed E-state index contributed by atoms with van der Waals surface area (Å²) in [5, 5.41) is 18.3. The summed E-state index contributed by atoms with van der Waals surface area (Å²) in [7, 11) is 0. The second-order valence-electron chi connectivity index (χ2n) is 6.97. The van der Waals surface area contributed by atoms with Crippen molar-refractivity contribution < 1.29 is 0 Å². The first-order valence-corrected chi connectivity index (χ1v) is 10.7. The number of aryl methyl sites for hydroxylation is 1. The van der Waals surface area contributed by atoms with Crippen molar-refractivity contribution in [2.45, 2.75) is 13.3 Å². The number of nitrogens with zero attached hydrogens (tertiary/aromatic N) is 4. The van der Waals surface area contributed by atoms with Crippen LogP contribution in [0.2, 0.25) is 0 Å². The summed E-state index contributed by atoms with van der Waals surface area (Å²) in [4.78, 5) is 17.4. The first kappa shape index (κ1) is 19.1. The van der Waals surface area contributed by atoms with Gasteiger partial charge in [-0.2, -0.15) is 5.10 Å². The van der Waals surface area contributed by atoms with Crippen molar-refractivity contribution in [2.24, 2.45) is 0 Å². The Hall–Kier alpha value is -3.91. The third-order valence-corrected chi connectivity index (χ3v) is 6.04. The lowest BCUT2D eigenvalue weighted by atomic mass is 10.0. The lowest BCUT2D eigenvalue weighted by Gasteiger charge is -2.05. The highest BCUT2D eigenvalue weighted by molar-refractivity contribution is 7.11. The molecule has 8 heteroatoms. The molecule has 0 spiro atoms. The number of allylic oxidation sites excluding steroid dienone is 1. The molecule has 3 N–H and O–H groups in total. The van der Waals surface area contributed by atoms with Crippen LogP contribution in [-0.2, 0) is 6.42 Å². The van der Waals surface area contributed by atoms with E-state index in [1.165, 1.54) is 12.5 Å². The zero-order valence-corrected chi connectivity index (χ0v) is 17.6. The number of rotatable bonds is 6. The highest BCUT2D eigenvalue weighted by Crippen LogP contribution is 2.35. The van der Waals surface area contributed by atoms with Gasteiger partial charge in [-0.1, -0.05) is 13.0 Å². The fourth-order valence-electron chi connectivity index (χ4n) is 3.68. The van der Waals surface area contributed by atoms with E-state index >= 15 is 0 Å². The van der Waals surface area contributed by atoms with Crippen LogP contribution in [0.5, 0.6) is 0 Å². The number of fused-ring (bicyclic) bond motifs is 1. The number of aromatic amines is 2. The molecule has 5 aromatic rings. The van der Waals surface area contributed by atoms with Gasteiger partial charge in [-0.3, -0.25) is 10.1 Å². The molecule has 152 valence electrons. The van der Waals surface area contributed by atoms with Crippen LogP contribution < -0.4 is 0 Å². The molecule has 7 nitrogen and oxygen atoms in total. The molecular formula is C23H19N7S. The molecule has 0 saturated heterocycles. The molecule has 0 aliphatic heterocycles. The fourth-order valence-corrected chi connectivity index (χ4v) is 4.44. The number of thiophene rings is 1. The number of hydrogen-bond donors (Lipinski definition) is 3. The van der Waals surface area contributed by atoms with E-state index in [4.69, 9.17) is 5.41 Å². The molecule has 0 unspecified atom stereocenters. The van der Waals surface area contributed by atoms with Gasteiger partial charge >= 0.3 is 0 Å². The highest BCUT2D eigenvalue weighted by atomic mass is 32.1. The fraction of sp³-hybridized carbons (Fsp3) is 0.0870. The zero-order valence-electron chi connectivity index (χ0n) is 16.8. The first-order chi connectivity index (χ1) is 15.3. The number of pyridine rings is 1. The average molecular weight is 426 g/mol. The molecule has 0 atom stereocenters. The summed E-state index contributed by atoms with van der Waals surface area (Å²) in [6, 6.07) is 8.23. The Bertz CT molecular complexity index is 1380. The van der Waals surface area contributed by atoms with Crippen LogP contribution in [0.3, 0.4) is 0 Å². The summed E-state index contributed by atoms with van der Waals surface area (Å²) in [5.41, 5.74) is 7.49. The van der Waals surface area contributed by atoms with E-state index in [9.17, 15) is 0 Å². The van der Waals surface area contributed by atoms with Crippen molar-refractivity contribution in [1.82, 2.24) is 30.1 Å². The van der Waals surface area contributed by atoms with E-state index in [0.717, 1.165) is 61.7 Å². The second-order valence-corrected chi connectivity index (χ2v) is 7.92. The lowest BCUT2D eigenvalue weighted by molar-refractivity contribution is 1.05. The molecule has 5 aromatic heterocycles. The summed E-state index contributed by atoms with van der Waals surface area (Å²) >= 11 is 1.67. The Balaban J connectivity index is 1.64. The van der Waals surface area contributed by atoms with Crippen molar-refractivity contribution in [3.05, 3.63) is 76.8 Å². The Morgan fingerprint density at radius 3 is 2.81 bits per heavy atom. The molecule has 0 aliphatic carbocycles. The van der Waals surface area contributed by atoms with E-state index in [1.54, 1.807) is 29.9 Å². The van der Waals surface area contributed by atoms with Crippen molar-refractivity contribution >= 4 is 34.0 Å². The summed E-state index contributed by atoms with van der Waals surface area (Å²) in [6.45, 7) is 2.12. The van der Waals surface area contributed by atoms with Crippen LogP contribution in [0.4, 0.5) is 0 Å². The molecule has 0 aliphatic rings. The van der Waals surface area contributed by atoms with E-state index in [2.05, 4.69) is 54.6 Å². The maximum absolute atomic E-state index is 7.63. The Morgan fingerprint density at radius 2 is 2.06 bits per heavy atom. The van der Waals surface area contributed by atoms with Gasteiger partial charge in [0.05, 0.1) is 23.1 Å². The Kier molecular flexibility index (Phi) is 4.97.